The maximum atomic E-state index is 5.83. The molecular weight excluding hydrogens is 276 g/mol. The Hall–Kier alpha value is -1.59. The Morgan fingerprint density at radius 3 is 2.60 bits per heavy atom. The number of halogens is 1. The minimum absolute atomic E-state index is 0.332. The van der Waals surface area contributed by atoms with Gasteiger partial charge in [-0.1, -0.05) is 30.7 Å². The van der Waals surface area contributed by atoms with Crippen LogP contribution in [-0.4, -0.2) is 21.6 Å². The SMILES string of the molecule is CC(C)c1c(CN)nnn1CCOc1ccc(Cl)cc1. The first kappa shape index (κ1) is 14.8. The average Bonchev–Trinajstić information content (AvgIpc) is 2.84. The van der Waals surface area contributed by atoms with Gasteiger partial charge in [0.05, 0.1) is 17.9 Å². The van der Waals surface area contributed by atoms with Crippen LogP contribution in [0.1, 0.15) is 31.2 Å². The zero-order valence-corrected chi connectivity index (χ0v) is 12.5. The van der Waals surface area contributed by atoms with Crippen LogP contribution in [0.2, 0.25) is 5.02 Å². The maximum Gasteiger partial charge on any atom is 0.119 e. The smallest absolute Gasteiger partial charge is 0.119 e. The van der Waals surface area contributed by atoms with Crippen LogP contribution in [-0.2, 0) is 13.1 Å². The standard InChI is InChI=1S/C14H19ClN4O/c1-10(2)14-13(9-16)17-18-19(14)7-8-20-12-5-3-11(15)4-6-12/h3-6,10H,7-9,16H2,1-2H3. The molecular formula is C14H19ClN4O. The summed E-state index contributed by atoms with van der Waals surface area (Å²) in [7, 11) is 0. The molecule has 0 aliphatic rings. The summed E-state index contributed by atoms with van der Waals surface area (Å²) < 4.78 is 7.53. The lowest BCUT2D eigenvalue weighted by Crippen LogP contribution is -2.14. The summed E-state index contributed by atoms with van der Waals surface area (Å²) in [6, 6.07) is 7.30. The van der Waals surface area contributed by atoms with Gasteiger partial charge in [-0.25, -0.2) is 4.68 Å². The molecule has 0 unspecified atom stereocenters. The number of nitrogens with zero attached hydrogens (tertiary/aromatic N) is 3. The van der Waals surface area contributed by atoms with Crippen molar-refractivity contribution in [3.05, 3.63) is 40.7 Å². The van der Waals surface area contributed by atoms with Gasteiger partial charge in [0.15, 0.2) is 0 Å². The molecule has 1 aromatic carbocycles. The molecule has 2 rings (SSSR count). The number of rotatable bonds is 6. The molecule has 1 heterocycles. The zero-order valence-electron chi connectivity index (χ0n) is 11.7. The summed E-state index contributed by atoms with van der Waals surface area (Å²) in [5.41, 5.74) is 7.61. The predicted molar refractivity (Wildman–Crippen MR) is 78.9 cm³/mol. The summed E-state index contributed by atoms with van der Waals surface area (Å²) in [4.78, 5) is 0. The van der Waals surface area contributed by atoms with E-state index < -0.39 is 0 Å². The molecule has 0 fully saturated rings. The molecule has 0 radical (unpaired) electrons. The van der Waals surface area contributed by atoms with Crippen molar-refractivity contribution in [1.29, 1.82) is 0 Å². The Morgan fingerprint density at radius 1 is 1.30 bits per heavy atom. The minimum atomic E-state index is 0.332. The highest BCUT2D eigenvalue weighted by molar-refractivity contribution is 6.30. The molecule has 0 amide bonds. The maximum absolute atomic E-state index is 5.83. The highest BCUT2D eigenvalue weighted by Gasteiger charge is 2.14. The Morgan fingerprint density at radius 2 is 2.00 bits per heavy atom. The Labute approximate surface area is 123 Å². The Kier molecular flexibility index (Phi) is 4.98. The van der Waals surface area contributed by atoms with Gasteiger partial charge in [0.25, 0.3) is 0 Å². The lowest BCUT2D eigenvalue weighted by atomic mass is 10.1. The second-order valence-electron chi connectivity index (χ2n) is 4.81. The molecule has 0 aliphatic carbocycles. The normalized spacial score (nSPS) is 11.1. The van der Waals surface area contributed by atoms with Crippen LogP contribution in [0, 0.1) is 0 Å². The van der Waals surface area contributed by atoms with Crippen molar-refractivity contribution in [3.8, 4) is 5.75 Å². The molecule has 0 saturated carbocycles. The monoisotopic (exact) mass is 294 g/mol. The van der Waals surface area contributed by atoms with E-state index in [0.717, 1.165) is 17.1 Å². The summed E-state index contributed by atoms with van der Waals surface area (Å²) in [5, 5.41) is 8.94. The van der Waals surface area contributed by atoms with Crippen LogP contribution < -0.4 is 10.5 Å². The third-order valence-corrected chi connectivity index (χ3v) is 3.22. The van der Waals surface area contributed by atoms with Crippen LogP contribution in [0.25, 0.3) is 0 Å². The Balaban J connectivity index is 1.97. The average molecular weight is 295 g/mol. The van der Waals surface area contributed by atoms with Crippen LogP contribution in [0.5, 0.6) is 5.75 Å². The number of benzene rings is 1. The van der Waals surface area contributed by atoms with E-state index in [-0.39, 0.29) is 0 Å². The number of hydrogen-bond donors (Lipinski definition) is 1. The molecule has 20 heavy (non-hydrogen) atoms. The fourth-order valence-electron chi connectivity index (χ4n) is 2.08. The summed E-state index contributed by atoms with van der Waals surface area (Å²) in [6.07, 6.45) is 0. The molecule has 0 spiro atoms. The lowest BCUT2D eigenvalue weighted by Gasteiger charge is -2.11. The van der Waals surface area contributed by atoms with E-state index in [9.17, 15) is 0 Å². The highest BCUT2D eigenvalue weighted by atomic mass is 35.5. The van der Waals surface area contributed by atoms with Crippen molar-refractivity contribution in [3.63, 3.8) is 0 Å². The van der Waals surface area contributed by atoms with Crippen LogP contribution >= 0.6 is 11.6 Å². The fraction of sp³-hybridized carbons (Fsp3) is 0.429. The molecule has 2 N–H and O–H groups in total. The quantitative estimate of drug-likeness (QED) is 0.889. The lowest BCUT2D eigenvalue weighted by molar-refractivity contribution is 0.286. The topological polar surface area (TPSA) is 66.0 Å². The van der Waals surface area contributed by atoms with Crippen molar-refractivity contribution in [1.82, 2.24) is 15.0 Å². The number of nitrogens with two attached hydrogens (primary N) is 1. The van der Waals surface area contributed by atoms with Gasteiger partial charge in [-0.2, -0.15) is 0 Å². The van der Waals surface area contributed by atoms with E-state index in [2.05, 4.69) is 24.2 Å². The molecule has 6 heteroatoms. The van der Waals surface area contributed by atoms with Gasteiger partial charge in [-0.15, -0.1) is 5.10 Å². The number of hydrogen-bond acceptors (Lipinski definition) is 4. The van der Waals surface area contributed by atoms with Gasteiger partial charge in [-0.05, 0) is 30.2 Å². The number of aromatic nitrogens is 3. The first-order valence-corrected chi connectivity index (χ1v) is 7.00. The second-order valence-corrected chi connectivity index (χ2v) is 5.24. The molecule has 5 nitrogen and oxygen atoms in total. The van der Waals surface area contributed by atoms with Gasteiger partial charge >= 0.3 is 0 Å². The number of ether oxygens (including phenoxy) is 1. The first-order valence-electron chi connectivity index (χ1n) is 6.62. The largest absolute Gasteiger partial charge is 0.492 e. The van der Waals surface area contributed by atoms with Crippen molar-refractivity contribution < 1.29 is 4.74 Å². The van der Waals surface area contributed by atoms with E-state index in [0.29, 0.717) is 30.6 Å². The van der Waals surface area contributed by atoms with Gasteiger partial charge in [0.2, 0.25) is 0 Å². The van der Waals surface area contributed by atoms with Crippen LogP contribution in [0.3, 0.4) is 0 Å². The van der Waals surface area contributed by atoms with Gasteiger partial charge in [0.1, 0.15) is 12.4 Å². The summed E-state index contributed by atoms with van der Waals surface area (Å²) >= 11 is 5.83. The molecule has 0 bridgehead atoms. The molecule has 0 aliphatic heterocycles. The predicted octanol–water partition coefficient (Wildman–Crippen LogP) is 2.59. The molecule has 0 saturated heterocycles. The molecule has 1 aromatic heterocycles. The molecule has 2 aromatic rings. The fourth-order valence-corrected chi connectivity index (χ4v) is 2.20. The van der Waals surface area contributed by atoms with Crippen molar-refractivity contribution in [2.24, 2.45) is 5.73 Å². The first-order chi connectivity index (χ1) is 9.61. The summed E-state index contributed by atoms with van der Waals surface area (Å²) in [6.45, 7) is 5.78. The third-order valence-electron chi connectivity index (χ3n) is 2.97. The zero-order chi connectivity index (χ0) is 14.5. The summed E-state index contributed by atoms with van der Waals surface area (Å²) in [5.74, 6) is 1.12. The van der Waals surface area contributed by atoms with E-state index in [1.165, 1.54) is 0 Å². The van der Waals surface area contributed by atoms with E-state index in [4.69, 9.17) is 22.1 Å². The van der Waals surface area contributed by atoms with Crippen LogP contribution in [0.15, 0.2) is 24.3 Å². The van der Waals surface area contributed by atoms with Crippen molar-refractivity contribution in [2.75, 3.05) is 6.61 Å². The van der Waals surface area contributed by atoms with E-state index in [1.54, 1.807) is 12.1 Å². The second kappa shape index (κ2) is 6.72. The highest BCUT2D eigenvalue weighted by Crippen LogP contribution is 2.18. The van der Waals surface area contributed by atoms with Gasteiger partial charge in [-0.3, -0.25) is 0 Å². The van der Waals surface area contributed by atoms with Crippen LogP contribution in [0.4, 0.5) is 0 Å². The van der Waals surface area contributed by atoms with E-state index >= 15 is 0 Å². The van der Waals surface area contributed by atoms with Gasteiger partial charge < -0.3 is 10.5 Å². The Bertz CT molecular complexity index is 551. The van der Waals surface area contributed by atoms with Crippen molar-refractivity contribution in [2.45, 2.75) is 32.9 Å². The van der Waals surface area contributed by atoms with E-state index in [1.807, 2.05) is 16.8 Å². The van der Waals surface area contributed by atoms with Crippen molar-refractivity contribution >= 4 is 11.6 Å². The molecule has 0 atom stereocenters. The minimum Gasteiger partial charge on any atom is -0.492 e. The van der Waals surface area contributed by atoms with Gasteiger partial charge in [0, 0.05) is 11.6 Å². The molecule has 108 valence electrons. The third kappa shape index (κ3) is 3.49.